The van der Waals surface area contributed by atoms with E-state index in [4.69, 9.17) is 0 Å². The second-order valence-electron chi connectivity index (χ2n) is 5.10. The molecule has 1 aromatic carbocycles. The van der Waals surface area contributed by atoms with Gasteiger partial charge in [0.2, 0.25) is 5.91 Å². The number of aliphatic hydroxyl groups is 1. The molecule has 0 spiro atoms. The molecule has 2 rings (SSSR count). The fourth-order valence-electron chi connectivity index (χ4n) is 2.71. The first kappa shape index (κ1) is 13.1. The van der Waals surface area contributed by atoms with Gasteiger partial charge in [0.15, 0.2) is 0 Å². The second kappa shape index (κ2) is 6.55. The van der Waals surface area contributed by atoms with Gasteiger partial charge in [-0.1, -0.05) is 36.8 Å². The maximum Gasteiger partial charge on any atom is 0.224 e. The van der Waals surface area contributed by atoms with Crippen molar-refractivity contribution in [2.45, 2.75) is 25.7 Å². The summed E-state index contributed by atoms with van der Waals surface area (Å²) in [6.07, 6.45) is 3.83. The van der Waals surface area contributed by atoms with Gasteiger partial charge in [-0.25, -0.2) is 0 Å². The van der Waals surface area contributed by atoms with Crippen LogP contribution in [-0.2, 0) is 11.2 Å². The van der Waals surface area contributed by atoms with Gasteiger partial charge in [-0.15, -0.1) is 0 Å². The minimum Gasteiger partial charge on any atom is -0.396 e. The van der Waals surface area contributed by atoms with Gasteiger partial charge in [0.1, 0.15) is 0 Å². The highest BCUT2D eigenvalue weighted by atomic mass is 16.3. The normalized spacial score (nSPS) is 22.9. The third-order valence-corrected chi connectivity index (χ3v) is 3.82. The summed E-state index contributed by atoms with van der Waals surface area (Å²) >= 11 is 0. The summed E-state index contributed by atoms with van der Waals surface area (Å²) in [6.45, 7) is 0.954. The third kappa shape index (κ3) is 3.57. The van der Waals surface area contributed by atoms with Crippen LogP contribution < -0.4 is 5.32 Å². The molecule has 0 radical (unpaired) electrons. The first-order valence-electron chi connectivity index (χ1n) is 6.71. The summed E-state index contributed by atoms with van der Waals surface area (Å²) in [5, 5.41) is 12.2. The van der Waals surface area contributed by atoms with E-state index in [0.717, 1.165) is 18.4 Å². The highest BCUT2D eigenvalue weighted by Gasteiger charge is 2.26. The van der Waals surface area contributed by atoms with Crippen LogP contribution in [-0.4, -0.2) is 24.2 Å². The molecule has 1 fully saturated rings. The van der Waals surface area contributed by atoms with Crippen molar-refractivity contribution in [3.8, 4) is 0 Å². The van der Waals surface area contributed by atoms with Crippen molar-refractivity contribution in [3.05, 3.63) is 35.9 Å². The Morgan fingerprint density at radius 2 is 1.94 bits per heavy atom. The van der Waals surface area contributed by atoms with Crippen LogP contribution in [0.1, 0.15) is 24.8 Å². The lowest BCUT2D eigenvalue weighted by Crippen LogP contribution is -2.32. The molecule has 2 unspecified atom stereocenters. The number of hydrogen-bond acceptors (Lipinski definition) is 2. The fourth-order valence-corrected chi connectivity index (χ4v) is 2.71. The number of hydrogen-bond donors (Lipinski definition) is 2. The number of carbonyl (C=O) groups excluding carboxylic acids is 1. The second-order valence-corrected chi connectivity index (χ2v) is 5.10. The fraction of sp³-hybridized carbons (Fsp3) is 0.533. The number of carbonyl (C=O) groups is 1. The Morgan fingerprint density at radius 3 is 2.67 bits per heavy atom. The molecule has 18 heavy (non-hydrogen) atoms. The third-order valence-electron chi connectivity index (χ3n) is 3.82. The Balaban J connectivity index is 1.75. The van der Waals surface area contributed by atoms with E-state index in [0.29, 0.717) is 24.8 Å². The zero-order valence-corrected chi connectivity index (χ0v) is 10.6. The van der Waals surface area contributed by atoms with Crippen molar-refractivity contribution < 1.29 is 9.90 Å². The number of benzene rings is 1. The van der Waals surface area contributed by atoms with Gasteiger partial charge in [0.05, 0.1) is 6.42 Å². The Kier molecular flexibility index (Phi) is 4.76. The van der Waals surface area contributed by atoms with Crippen LogP contribution in [0.5, 0.6) is 0 Å². The van der Waals surface area contributed by atoms with Gasteiger partial charge in [0.25, 0.3) is 0 Å². The van der Waals surface area contributed by atoms with Crippen LogP contribution in [0.4, 0.5) is 0 Å². The summed E-state index contributed by atoms with van der Waals surface area (Å²) in [7, 11) is 0. The maximum atomic E-state index is 11.8. The average molecular weight is 247 g/mol. The smallest absolute Gasteiger partial charge is 0.224 e. The van der Waals surface area contributed by atoms with Crippen molar-refractivity contribution in [1.29, 1.82) is 0 Å². The van der Waals surface area contributed by atoms with Crippen LogP contribution in [0.25, 0.3) is 0 Å². The van der Waals surface area contributed by atoms with E-state index >= 15 is 0 Å². The maximum absolute atomic E-state index is 11.8. The molecule has 1 aromatic rings. The first-order valence-corrected chi connectivity index (χ1v) is 6.71. The van der Waals surface area contributed by atoms with Gasteiger partial charge in [0, 0.05) is 13.2 Å². The Labute approximate surface area is 108 Å². The molecule has 0 saturated heterocycles. The standard InChI is InChI=1S/C15H21NO2/c17-11-14-8-4-7-13(14)10-16-15(18)9-12-5-2-1-3-6-12/h1-3,5-6,13-14,17H,4,7-11H2,(H,16,18). The van der Waals surface area contributed by atoms with Gasteiger partial charge < -0.3 is 10.4 Å². The van der Waals surface area contributed by atoms with E-state index < -0.39 is 0 Å². The van der Waals surface area contributed by atoms with E-state index in [1.54, 1.807) is 0 Å². The van der Waals surface area contributed by atoms with Gasteiger partial charge in [-0.2, -0.15) is 0 Å². The molecule has 1 saturated carbocycles. The summed E-state index contributed by atoms with van der Waals surface area (Å²) in [4.78, 5) is 11.8. The lowest BCUT2D eigenvalue weighted by atomic mass is 9.97. The van der Waals surface area contributed by atoms with E-state index in [2.05, 4.69) is 5.32 Å². The minimum absolute atomic E-state index is 0.0739. The molecule has 0 bridgehead atoms. The van der Waals surface area contributed by atoms with Crippen LogP contribution in [0.15, 0.2) is 30.3 Å². The van der Waals surface area contributed by atoms with Crippen molar-refractivity contribution >= 4 is 5.91 Å². The molecule has 2 atom stereocenters. The number of rotatable bonds is 5. The number of nitrogens with one attached hydrogen (secondary N) is 1. The van der Waals surface area contributed by atoms with Crippen LogP contribution in [0.3, 0.4) is 0 Å². The summed E-state index contributed by atoms with van der Waals surface area (Å²) in [6, 6.07) is 9.77. The van der Waals surface area contributed by atoms with Gasteiger partial charge >= 0.3 is 0 Å². The molecule has 1 amide bonds. The van der Waals surface area contributed by atoms with Crippen LogP contribution in [0, 0.1) is 11.8 Å². The molecule has 98 valence electrons. The molecule has 0 aliphatic heterocycles. The Morgan fingerprint density at radius 1 is 1.22 bits per heavy atom. The lowest BCUT2D eigenvalue weighted by molar-refractivity contribution is -0.120. The molecular formula is C15H21NO2. The molecule has 3 heteroatoms. The average Bonchev–Trinajstić information content (AvgIpc) is 2.85. The minimum atomic E-state index is 0.0739. The molecule has 3 nitrogen and oxygen atoms in total. The van der Waals surface area contributed by atoms with E-state index in [-0.39, 0.29) is 12.5 Å². The number of aliphatic hydroxyl groups excluding tert-OH is 1. The predicted octanol–water partition coefficient (Wildman–Crippen LogP) is 1.75. The molecule has 0 heterocycles. The van der Waals surface area contributed by atoms with E-state index in [1.165, 1.54) is 6.42 Å². The topological polar surface area (TPSA) is 49.3 Å². The molecule has 2 N–H and O–H groups in total. The highest BCUT2D eigenvalue weighted by Crippen LogP contribution is 2.30. The highest BCUT2D eigenvalue weighted by molar-refractivity contribution is 5.78. The van der Waals surface area contributed by atoms with Crippen LogP contribution >= 0.6 is 0 Å². The quantitative estimate of drug-likeness (QED) is 0.833. The van der Waals surface area contributed by atoms with Crippen molar-refractivity contribution in [3.63, 3.8) is 0 Å². The SMILES string of the molecule is O=C(Cc1ccccc1)NCC1CCCC1CO. The summed E-state index contributed by atoms with van der Waals surface area (Å²) in [5.74, 6) is 0.904. The predicted molar refractivity (Wildman–Crippen MR) is 71.1 cm³/mol. The Hall–Kier alpha value is -1.35. The molecule has 0 aromatic heterocycles. The first-order chi connectivity index (χ1) is 8.79. The molecular weight excluding hydrogens is 226 g/mol. The van der Waals surface area contributed by atoms with E-state index in [9.17, 15) is 9.90 Å². The van der Waals surface area contributed by atoms with Crippen molar-refractivity contribution in [1.82, 2.24) is 5.32 Å². The zero-order chi connectivity index (χ0) is 12.8. The monoisotopic (exact) mass is 247 g/mol. The summed E-state index contributed by atoms with van der Waals surface area (Å²) in [5.41, 5.74) is 1.04. The zero-order valence-electron chi connectivity index (χ0n) is 10.6. The molecule has 1 aliphatic rings. The van der Waals surface area contributed by atoms with Crippen molar-refractivity contribution in [2.75, 3.05) is 13.2 Å². The number of amides is 1. The van der Waals surface area contributed by atoms with Gasteiger partial charge in [-0.3, -0.25) is 4.79 Å². The van der Waals surface area contributed by atoms with Crippen LogP contribution in [0.2, 0.25) is 0 Å². The summed E-state index contributed by atoms with van der Waals surface area (Å²) < 4.78 is 0. The largest absolute Gasteiger partial charge is 0.396 e. The van der Waals surface area contributed by atoms with Gasteiger partial charge in [-0.05, 0) is 30.2 Å². The Bertz CT molecular complexity index is 377. The van der Waals surface area contributed by atoms with Crippen molar-refractivity contribution in [2.24, 2.45) is 11.8 Å². The lowest BCUT2D eigenvalue weighted by Gasteiger charge is -2.17. The molecule has 1 aliphatic carbocycles. The van der Waals surface area contributed by atoms with E-state index in [1.807, 2.05) is 30.3 Å².